The number of hydrogen-bond acceptors (Lipinski definition) is 5. The lowest BCUT2D eigenvalue weighted by atomic mass is 9.85. The minimum Gasteiger partial charge on any atom is -0.492 e. The number of hydrogen-bond donors (Lipinski definition) is 1. The standard InChI is InChI=1S/C30H32ClN3O5/c1-5-33(22-10-8-21(31)9-11-22)28(36)25-16-19(2)34(26-17-32-15-14-24(25)26)27(35)20-6-12-23(13-7-20)39-18-30(3,4)29(37)38/h6-15,17,19,25H,5,16,18H2,1-4H3,(H,37,38)/t19-,25-/m0/s1. The van der Waals surface area contributed by atoms with E-state index in [4.69, 9.17) is 16.3 Å². The summed E-state index contributed by atoms with van der Waals surface area (Å²) in [6.45, 7) is 7.52. The van der Waals surface area contributed by atoms with Crippen LogP contribution >= 0.6 is 11.6 Å². The maximum atomic E-state index is 13.8. The molecule has 1 aliphatic heterocycles. The average Bonchev–Trinajstić information content (AvgIpc) is 2.92. The number of carbonyl (C=O) groups excluding carboxylic acids is 2. The smallest absolute Gasteiger partial charge is 0.312 e. The van der Waals surface area contributed by atoms with E-state index in [-0.39, 0.29) is 24.5 Å². The summed E-state index contributed by atoms with van der Waals surface area (Å²) < 4.78 is 5.64. The van der Waals surface area contributed by atoms with Crippen LogP contribution in [0.1, 0.15) is 56.0 Å². The average molecular weight is 550 g/mol. The summed E-state index contributed by atoms with van der Waals surface area (Å²) in [4.78, 5) is 46.5. The first-order chi connectivity index (χ1) is 18.5. The Bertz CT molecular complexity index is 1360. The summed E-state index contributed by atoms with van der Waals surface area (Å²) in [5.74, 6) is -1.18. The Morgan fingerprint density at radius 1 is 1.10 bits per heavy atom. The van der Waals surface area contributed by atoms with E-state index >= 15 is 0 Å². The fourth-order valence-corrected chi connectivity index (χ4v) is 4.81. The van der Waals surface area contributed by atoms with E-state index in [1.807, 2.05) is 26.0 Å². The van der Waals surface area contributed by atoms with Gasteiger partial charge in [-0.1, -0.05) is 11.6 Å². The quantitative estimate of drug-likeness (QED) is 0.381. The van der Waals surface area contributed by atoms with Crippen molar-refractivity contribution in [3.05, 3.63) is 83.1 Å². The molecule has 8 nitrogen and oxygen atoms in total. The first-order valence-electron chi connectivity index (χ1n) is 12.8. The van der Waals surface area contributed by atoms with Crippen molar-refractivity contribution in [1.82, 2.24) is 4.98 Å². The van der Waals surface area contributed by atoms with E-state index in [1.54, 1.807) is 78.5 Å². The highest BCUT2D eigenvalue weighted by Crippen LogP contribution is 2.40. The Balaban J connectivity index is 1.57. The highest BCUT2D eigenvalue weighted by atomic mass is 35.5. The monoisotopic (exact) mass is 549 g/mol. The van der Waals surface area contributed by atoms with Crippen molar-refractivity contribution in [3.8, 4) is 5.75 Å². The summed E-state index contributed by atoms with van der Waals surface area (Å²) in [7, 11) is 0. The molecule has 0 saturated heterocycles. The number of likely N-dealkylation sites (N-methyl/N-ethyl adjacent to an activating group) is 1. The number of ether oxygens (including phenoxy) is 1. The Morgan fingerprint density at radius 2 is 1.77 bits per heavy atom. The first-order valence-corrected chi connectivity index (χ1v) is 13.2. The van der Waals surface area contributed by atoms with Crippen molar-refractivity contribution in [2.75, 3.05) is 23.0 Å². The summed E-state index contributed by atoms with van der Waals surface area (Å²) in [6.07, 6.45) is 3.73. The second-order valence-electron chi connectivity index (χ2n) is 10.3. The van der Waals surface area contributed by atoms with Crippen LogP contribution in [0.4, 0.5) is 11.4 Å². The third kappa shape index (κ3) is 5.91. The maximum Gasteiger partial charge on any atom is 0.312 e. The molecule has 3 aromatic rings. The molecule has 0 radical (unpaired) electrons. The fraction of sp³-hybridized carbons (Fsp3) is 0.333. The van der Waals surface area contributed by atoms with Gasteiger partial charge >= 0.3 is 5.97 Å². The van der Waals surface area contributed by atoms with Crippen molar-refractivity contribution in [2.24, 2.45) is 5.41 Å². The number of halogens is 1. The highest BCUT2D eigenvalue weighted by Gasteiger charge is 2.39. The number of nitrogens with zero attached hydrogens (tertiary/aromatic N) is 3. The molecule has 9 heteroatoms. The minimum atomic E-state index is -1.04. The number of anilines is 2. The molecule has 4 rings (SSSR count). The fourth-order valence-electron chi connectivity index (χ4n) is 4.68. The van der Waals surface area contributed by atoms with Crippen LogP contribution in [0.2, 0.25) is 5.02 Å². The molecule has 0 unspecified atom stereocenters. The van der Waals surface area contributed by atoms with Crippen LogP contribution in [0.15, 0.2) is 67.0 Å². The van der Waals surface area contributed by atoms with Crippen molar-refractivity contribution < 1.29 is 24.2 Å². The zero-order chi connectivity index (χ0) is 28.3. The lowest BCUT2D eigenvalue weighted by Gasteiger charge is -2.40. The van der Waals surface area contributed by atoms with E-state index in [2.05, 4.69) is 4.98 Å². The lowest BCUT2D eigenvalue weighted by molar-refractivity contribution is -0.148. The number of aliphatic carboxylic acids is 1. The maximum absolute atomic E-state index is 13.8. The number of carbonyl (C=O) groups is 3. The van der Waals surface area contributed by atoms with Gasteiger partial charge in [0.05, 0.1) is 23.2 Å². The van der Waals surface area contributed by atoms with Gasteiger partial charge in [-0.15, -0.1) is 0 Å². The normalized spacial score (nSPS) is 16.8. The molecule has 2 aromatic carbocycles. The van der Waals surface area contributed by atoms with Gasteiger partial charge in [-0.05, 0) is 94.3 Å². The molecular formula is C30H32ClN3O5. The second kappa shape index (κ2) is 11.5. The molecule has 39 heavy (non-hydrogen) atoms. The summed E-state index contributed by atoms with van der Waals surface area (Å²) in [6, 6.07) is 15.3. The Hall–Kier alpha value is -3.91. The van der Waals surface area contributed by atoms with Crippen LogP contribution in [-0.2, 0) is 9.59 Å². The van der Waals surface area contributed by atoms with Gasteiger partial charge in [0.2, 0.25) is 5.91 Å². The zero-order valence-corrected chi connectivity index (χ0v) is 23.2. The van der Waals surface area contributed by atoms with Crippen LogP contribution in [0, 0.1) is 5.41 Å². The summed E-state index contributed by atoms with van der Waals surface area (Å²) in [5, 5.41) is 9.89. The van der Waals surface area contributed by atoms with Gasteiger partial charge in [-0.2, -0.15) is 0 Å². The molecule has 0 spiro atoms. The van der Waals surface area contributed by atoms with Gasteiger partial charge in [0.1, 0.15) is 12.4 Å². The number of pyridine rings is 1. The largest absolute Gasteiger partial charge is 0.492 e. The molecule has 1 aromatic heterocycles. The Morgan fingerprint density at radius 3 is 2.38 bits per heavy atom. The highest BCUT2D eigenvalue weighted by molar-refractivity contribution is 6.30. The number of rotatable bonds is 8. The number of aromatic nitrogens is 1. The number of fused-ring (bicyclic) bond motifs is 1. The lowest BCUT2D eigenvalue weighted by Crippen LogP contribution is -2.47. The van der Waals surface area contributed by atoms with Crippen LogP contribution in [0.5, 0.6) is 5.75 Å². The van der Waals surface area contributed by atoms with Crippen LogP contribution in [-0.4, -0.2) is 47.1 Å². The van der Waals surface area contributed by atoms with Gasteiger partial charge in [0.15, 0.2) is 0 Å². The van der Waals surface area contributed by atoms with E-state index in [1.165, 1.54) is 0 Å². The van der Waals surface area contributed by atoms with E-state index < -0.39 is 17.3 Å². The van der Waals surface area contributed by atoms with Crippen molar-refractivity contribution in [1.29, 1.82) is 0 Å². The van der Waals surface area contributed by atoms with Gasteiger partial charge in [-0.3, -0.25) is 19.4 Å². The van der Waals surface area contributed by atoms with Gasteiger partial charge < -0.3 is 19.6 Å². The number of amides is 2. The molecule has 2 amide bonds. The molecule has 2 heterocycles. The van der Waals surface area contributed by atoms with Crippen molar-refractivity contribution in [3.63, 3.8) is 0 Å². The van der Waals surface area contributed by atoms with Gasteiger partial charge in [0.25, 0.3) is 5.91 Å². The summed E-state index contributed by atoms with van der Waals surface area (Å²) >= 11 is 6.05. The number of carboxylic acid groups (broad SMARTS) is 1. The van der Waals surface area contributed by atoms with Gasteiger partial charge in [-0.25, -0.2) is 0 Å². The Kier molecular flexibility index (Phi) is 8.25. The third-order valence-electron chi connectivity index (χ3n) is 7.00. The minimum absolute atomic E-state index is 0.00194. The number of carboxylic acids is 1. The zero-order valence-electron chi connectivity index (χ0n) is 22.4. The molecule has 0 bridgehead atoms. The molecule has 204 valence electrons. The van der Waals surface area contributed by atoms with Crippen molar-refractivity contribution in [2.45, 2.75) is 46.1 Å². The van der Waals surface area contributed by atoms with E-state index in [0.29, 0.717) is 35.0 Å². The first kappa shape index (κ1) is 28.1. The van der Waals surface area contributed by atoms with Crippen molar-refractivity contribution >= 4 is 40.8 Å². The number of benzene rings is 2. The molecule has 0 aliphatic carbocycles. The van der Waals surface area contributed by atoms with Crippen LogP contribution in [0.25, 0.3) is 0 Å². The van der Waals surface area contributed by atoms with Crippen LogP contribution in [0.3, 0.4) is 0 Å². The third-order valence-corrected chi connectivity index (χ3v) is 7.25. The van der Waals surface area contributed by atoms with E-state index in [9.17, 15) is 19.5 Å². The Labute approximate surface area is 233 Å². The predicted molar refractivity (Wildman–Crippen MR) is 151 cm³/mol. The second-order valence-corrected chi connectivity index (χ2v) is 10.7. The van der Waals surface area contributed by atoms with Crippen LogP contribution < -0.4 is 14.5 Å². The SMILES string of the molecule is CCN(C(=O)[C@H]1C[C@H](C)N(C(=O)c2ccc(OCC(C)(C)C(=O)O)cc2)c2cnccc21)c1ccc(Cl)cc1. The molecule has 2 atom stereocenters. The molecule has 1 aliphatic rings. The summed E-state index contributed by atoms with van der Waals surface area (Å²) in [5.41, 5.74) is 1.54. The molecule has 0 saturated carbocycles. The topological polar surface area (TPSA) is 100 Å². The molecule has 1 N–H and O–H groups in total. The van der Waals surface area contributed by atoms with Gasteiger partial charge in [0, 0.05) is 35.1 Å². The predicted octanol–water partition coefficient (Wildman–Crippen LogP) is 5.80. The molecular weight excluding hydrogens is 518 g/mol. The van der Waals surface area contributed by atoms with E-state index in [0.717, 1.165) is 11.3 Å². The molecule has 0 fully saturated rings.